The summed E-state index contributed by atoms with van der Waals surface area (Å²) in [6, 6.07) is 6.82. The zero-order valence-electron chi connectivity index (χ0n) is 14.1. The van der Waals surface area contributed by atoms with E-state index in [0.29, 0.717) is 51.0 Å². The summed E-state index contributed by atoms with van der Waals surface area (Å²) in [5.41, 5.74) is 0.454. The predicted molar refractivity (Wildman–Crippen MR) is 85.8 cm³/mol. The molecule has 6 heteroatoms. The van der Waals surface area contributed by atoms with E-state index in [-0.39, 0.29) is 5.97 Å². The Bertz CT molecular complexity index is 448. The number of hydrogen-bond acceptors (Lipinski definition) is 6. The van der Waals surface area contributed by atoms with Crippen LogP contribution in [0.1, 0.15) is 31.1 Å². The maximum Gasteiger partial charge on any atom is 0.338 e. The molecule has 0 aliphatic heterocycles. The first-order chi connectivity index (χ1) is 11.2. The fourth-order valence-corrected chi connectivity index (χ4v) is 1.77. The zero-order chi connectivity index (χ0) is 16.9. The average molecular weight is 326 g/mol. The summed E-state index contributed by atoms with van der Waals surface area (Å²) < 4.78 is 26.6. The summed E-state index contributed by atoms with van der Waals surface area (Å²) in [5.74, 6) is 0.189. The lowest BCUT2D eigenvalue weighted by Crippen LogP contribution is -2.20. The van der Waals surface area contributed by atoms with E-state index in [9.17, 15) is 4.79 Å². The number of benzene rings is 1. The van der Waals surface area contributed by atoms with Gasteiger partial charge in [-0.1, -0.05) is 6.07 Å². The van der Waals surface area contributed by atoms with Crippen LogP contribution in [-0.4, -0.2) is 51.9 Å². The number of esters is 1. The van der Waals surface area contributed by atoms with Crippen molar-refractivity contribution in [3.8, 4) is 5.75 Å². The van der Waals surface area contributed by atoms with Crippen LogP contribution in [0.2, 0.25) is 0 Å². The maximum absolute atomic E-state index is 11.7. The van der Waals surface area contributed by atoms with Crippen molar-refractivity contribution < 1.29 is 28.5 Å². The van der Waals surface area contributed by atoms with Crippen LogP contribution in [0.5, 0.6) is 5.75 Å². The van der Waals surface area contributed by atoms with E-state index in [1.807, 2.05) is 6.92 Å². The van der Waals surface area contributed by atoms with Gasteiger partial charge in [0.25, 0.3) is 0 Å². The van der Waals surface area contributed by atoms with Gasteiger partial charge in [-0.15, -0.1) is 0 Å². The van der Waals surface area contributed by atoms with Gasteiger partial charge in [0, 0.05) is 6.61 Å². The van der Waals surface area contributed by atoms with E-state index in [0.717, 1.165) is 0 Å². The first-order valence-electron chi connectivity index (χ1n) is 7.88. The molecule has 1 aromatic carbocycles. The highest BCUT2D eigenvalue weighted by atomic mass is 16.7. The Labute approximate surface area is 137 Å². The minimum absolute atomic E-state index is 0.340. The molecule has 1 rings (SSSR count). The third-order valence-electron chi connectivity index (χ3n) is 2.80. The Morgan fingerprint density at radius 2 is 1.78 bits per heavy atom. The lowest BCUT2D eigenvalue weighted by Gasteiger charge is -2.16. The molecule has 0 aliphatic rings. The Morgan fingerprint density at radius 1 is 1.04 bits per heavy atom. The molecule has 1 atom stereocenters. The Hall–Kier alpha value is -1.63. The fourth-order valence-electron chi connectivity index (χ4n) is 1.77. The van der Waals surface area contributed by atoms with Crippen LogP contribution in [0.15, 0.2) is 24.3 Å². The van der Waals surface area contributed by atoms with E-state index in [4.69, 9.17) is 23.7 Å². The molecule has 0 saturated carbocycles. The molecule has 1 unspecified atom stereocenters. The number of hydrogen-bond donors (Lipinski definition) is 0. The summed E-state index contributed by atoms with van der Waals surface area (Å²) in [6.07, 6.45) is -0.442. The van der Waals surface area contributed by atoms with Gasteiger partial charge in [-0.2, -0.15) is 0 Å². The molecule has 0 radical (unpaired) electrons. The van der Waals surface area contributed by atoms with E-state index < -0.39 is 6.29 Å². The molecule has 6 nitrogen and oxygen atoms in total. The van der Waals surface area contributed by atoms with Crippen molar-refractivity contribution >= 4 is 5.97 Å². The monoisotopic (exact) mass is 326 g/mol. The van der Waals surface area contributed by atoms with Gasteiger partial charge >= 0.3 is 5.97 Å². The van der Waals surface area contributed by atoms with Crippen molar-refractivity contribution in [2.24, 2.45) is 0 Å². The molecular weight excluding hydrogens is 300 g/mol. The van der Waals surface area contributed by atoms with Gasteiger partial charge in [0.05, 0.1) is 38.6 Å². The molecule has 0 spiro atoms. The predicted octanol–water partition coefficient (Wildman–Crippen LogP) is 2.66. The first-order valence-corrected chi connectivity index (χ1v) is 7.88. The minimum atomic E-state index is -0.442. The van der Waals surface area contributed by atoms with Crippen LogP contribution in [0.4, 0.5) is 0 Å². The second-order valence-electron chi connectivity index (χ2n) is 4.61. The summed E-state index contributed by atoms with van der Waals surface area (Å²) in [6.45, 7) is 8.56. The second kappa shape index (κ2) is 11.9. The topological polar surface area (TPSA) is 63.2 Å². The molecule has 0 bridgehead atoms. The van der Waals surface area contributed by atoms with Crippen molar-refractivity contribution in [2.75, 3.05) is 39.6 Å². The van der Waals surface area contributed by atoms with Crippen LogP contribution in [0.3, 0.4) is 0 Å². The summed E-state index contributed by atoms with van der Waals surface area (Å²) >= 11 is 0. The van der Waals surface area contributed by atoms with Crippen LogP contribution >= 0.6 is 0 Å². The first kappa shape index (κ1) is 19.4. The molecule has 0 amide bonds. The number of carbonyl (C=O) groups excluding carboxylic acids is 1. The number of carbonyl (C=O) groups is 1. The van der Waals surface area contributed by atoms with Crippen LogP contribution in [-0.2, 0) is 18.9 Å². The number of rotatable bonds is 12. The van der Waals surface area contributed by atoms with E-state index in [1.54, 1.807) is 38.1 Å². The van der Waals surface area contributed by atoms with Gasteiger partial charge in [-0.3, -0.25) is 0 Å². The Kier molecular flexibility index (Phi) is 10.0. The summed E-state index contributed by atoms with van der Waals surface area (Å²) in [5, 5.41) is 0. The van der Waals surface area contributed by atoms with Gasteiger partial charge in [-0.25, -0.2) is 4.79 Å². The van der Waals surface area contributed by atoms with Crippen LogP contribution < -0.4 is 4.74 Å². The van der Waals surface area contributed by atoms with E-state index in [1.165, 1.54) is 0 Å². The molecule has 1 aromatic rings. The quantitative estimate of drug-likeness (QED) is 0.334. The zero-order valence-corrected chi connectivity index (χ0v) is 14.1. The molecular formula is C17H26O6. The molecule has 0 saturated heterocycles. The molecule has 0 fully saturated rings. The van der Waals surface area contributed by atoms with Gasteiger partial charge in [0.2, 0.25) is 0 Å². The third kappa shape index (κ3) is 8.54. The van der Waals surface area contributed by atoms with Crippen molar-refractivity contribution in [3.63, 3.8) is 0 Å². The van der Waals surface area contributed by atoms with Gasteiger partial charge in [0.15, 0.2) is 6.29 Å². The highest BCUT2D eigenvalue weighted by molar-refractivity contribution is 5.89. The standard InChI is InChI=1S/C17H26O6/c1-4-19-9-10-20-11-12-22-14(3)23-16-8-6-7-15(13-16)17(18)21-5-2/h6-8,13-14H,4-5,9-12H2,1-3H3. The molecule has 0 aromatic heterocycles. The third-order valence-corrected chi connectivity index (χ3v) is 2.80. The maximum atomic E-state index is 11.7. The normalized spacial score (nSPS) is 12.0. The lowest BCUT2D eigenvalue weighted by molar-refractivity contribution is -0.0859. The molecule has 0 N–H and O–H groups in total. The highest BCUT2D eigenvalue weighted by Gasteiger charge is 2.09. The van der Waals surface area contributed by atoms with Gasteiger partial charge in [-0.05, 0) is 39.0 Å². The lowest BCUT2D eigenvalue weighted by atomic mass is 10.2. The largest absolute Gasteiger partial charge is 0.465 e. The molecule has 0 aliphatic carbocycles. The molecule has 23 heavy (non-hydrogen) atoms. The van der Waals surface area contributed by atoms with Crippen molar-refractivity contribution in [2.45, 2.75) is 27.1 Å². The average Bonchev–Trinajstić information content (AvgIpc) is 2.54. The summed E-state index contributed by atoms with van der Waals surface area (Å²) in [4.78, 5) is 11.7. The Morgan fingerprint density at radius 3 is 2.52 bits per heavy atom. The number of ether oxygens (including phenoxy) is 5. The van der Waals surface area contributed by atoms with Crippen LogP contribution in [0, 0.1) is 0 Å². The fraction of sp³-hybridized carbons (Fsp3) is 0.588. The highest BCUT2D eigenvalue weighted by Crippen LogP contribution is 2.16. The van der Waals surface area contributed by atoms with E-state index in [2.05, 4.69) is 0 Å². The van der Waals surface area contributed by atoms with Crippen LogP contribution in [0.25, 0.3) is 0 Å². The Balaban J connectivity index is 2.27. The molecule has 0 heterocycles. The van der Waals surface area contributed by atoms with Gasteiger partial charge < -0.3 is 23.7 Å². The molecule has 130 valence electrons. The minimum Gasteiger partial charge on any atom is -0.465 e. The summed E-state index contributed by atoms with van der Waals surface area (Å²) in [7, 11) is 0. The van der Waals surface area contributed by atoms with Crippen molar-refractivity contribution in [3.05, 3.63) is 29.8 Å². The van der Waals surface area contributed by atoms with Crippen molar-refractivity contribution in [1.82, 2.24) is 0 Å². The smallest absolute Gasteiger partial charge is 0.338 e. The van der Waals surface area contributed by atoms with E-state index >= 15 is 0 Å². The van der Waals surface area contributed by atoms with Gasteiger partial charge in [0.1, 0.15) is 5.75 Å². The SMILES string of the molecule is CCOCCOCCOC(C)Oc1cccc(C(=O)OCC)c1. The second-order valence-corrected chi connectivity index (χ2v) is 4.61. The van der Waals surface area contributed by atoms with Crippen molar-refractivity contribution in [1.29, 1.82) is 0 Å².